The van der Waals surface area contributed by atoms with Gasteiger partial charge in [0.15, 0.2) is 5.17 Å². The summed E-state index contributed by atoms with van der Waals surface area (Å²) < 4.78 is 5.38. The third-order valence-corrected chi connectivity index (χ3v) is 8.48. The molecule has 0 radical (unpaired) electrons. The van der Waals surface area contributed by atoms with E-state index in [9.17, 15) is 14.4 Å². The van der Waals surface area contributed by atoms with Gasteiger partial charge in [-0.3, -0.25) is 19.3 Å². The van der Waals surface area contributed by atoms with E-state index >= 15 is 0 Å². The average Bonchev–Trinajstić information content (AvgIpc) is 3.34. The summed E-state index contributed by atoms with van der Waals surface area (Å²) in [7, 11) is 1.58. The fourth-order valence-electron chi connectivity index (χ4n) is 4.83. The first-order valence-corrected chi connectivity index (χ1v) is 14.7. The highest BCUT2D eigenvalue weighted by atomic mass is 32.2. The molecule has 3 amide bonds. The highest BCUT2D eigenvalue weighted by Crippen LogP contribution is 2.36. The van der Waals surface area contributed by atoms with E-state index in [1.54, 1.807) is 12.0 Å². The van der Waals surface area contributed by atoms with Crippen LogP contribution in [0.15, 0.2) is 82.8 Å². The van der Waals surface area contributed by atoms with Crippen LogP contribution in [0.1, 0.15) is 42.0 Å². The number of hydrogen-bond donors (Lipinski definition) is 2. The smallest absolute Gasteiger partial charge is 0.271 e. The predicted molar refractivity (Wildman–Crippen MR) is 165 cm³/mol. The summed E-state index contributed by atoms with van der Waals surface area (Å²) >= 11 is 1.28. The highest BCUT2D eigenvalue weighted by molar-refractivity contribution is 8.15. The Labute approximate surface area is 249 Å². The summed E-state index contributed by atoms with van der Waals surface area (Å²) in [6.07, 6.45) is 0.433. The summed E-state index contributed by atoms with van der Waals surface area (Å²) in [6, 6.07) is 22.0. The van der Waals surface area contributed by atoms with E-state index in [1.165, 1.54) is 11.8 Å². The molecule has 0 fully saturated rings. The summed E-state index contributed by atoms with van der Waals surface area (Å²) in [4.78, 5) is 50.4. The Hall–Kier alpha value is -4.44. The van der Waals surface area contributed by atoms with E-state index in [0.29, 0.717) is 41.0 Å². The second-order valence-corrected chi connectivity index (χ2v) is 11.3. The van der Waals surface area contributed by atoms with Crippen LogP contribution in [-0.4, -0.2) is 52.0 Å². The van der Waals surface area contributed by atoms with Crippen LogP contribution in [0.3, 0.4) is 0 Å². The molecule has 0 saturated heterocycles. The normalized spacial score (nSPS) is 16.1. The van der Waals surface area contributed by atoms with Crippen molar-refractivity contribution in [3.63, 3.8) is 0 Å². The van der Waals surface area contributed by atoms with Gasteiger partial charge in [0.1, 0.15) is 17.6 Å². The molecule has 0 aliphatic carbocycles. The maximum Gasteiger partial charge on any atom is 0.271 e. The SMILES string of the molecule is CCC(SC1=Nc2ccccc2C2=NC(=O)C(CC(=O)NCc3ccccc3OC)N12)C(=O)NCc1ccc(C)cc1. The Morgan fingerprint density at radius 2 is 1.71 bits per heavy atom. The van der Waals surface area contributed by atoms with Gasteiger partial charge in [0, 0.05) is 24.2 Å². The number of aryl methyl sites for hydroxylation is 1. The average molecular weight is 584 g/mol. The monoisotopic (exact) mass is 583 g/mol. The van der Waals surface area contributed by atoms with Crippen LogP contribution in [0, 0.1) is 6.92 Å². The van der Waals surface area contributed by atoms with Crippen LogP contribution < -0.4 is 15.4 Å². The van der Waals surface area contributed by atoms with Gasteiger partial charge in [0.2, 0.25) is 11.8 Å². The molecule has 2 aliphatic heterocycles. The Bertz CT molecular complexity index is 1550. The van der Waals surface area contributed by atoms with Gasteiger partial charge in [0.05, 0.1) is 24.5 Å². The number of fused-ring (bicyclic) bond motifs is 3. The van der Waals surface area contributed by atoms with Gasteiger partial charge in [0.25, 0.3) is 5.91 Å². The first kappa shape index (κ1) is 29.1. The zero-order valence-corrected chi connectivity index (χ0v) is 24.6. The zero-order chi connectivity index (χ0) is 29.6. The van der Waals surface area contributed by atoms with Crippen molar-refractivity contribution in [2.24, 2.45) is 9.98 Å². The molecule has 0 saturated carbocycles. The maximum absolute atomic E-state index is 13.2. The molecule has 2 aliphatic rings. The summed E-state index contributed by atoms with van der Waals surface area (Å²) in [5, 5.41) is 5.93. The number of amidine groups is 2. The van der Waals surface area contributed by atoms with Crippen LogP contribution in [0.4, 0.5) is 5.69 Å². The van der Waals surface area contributed by atoms with Crippen molar-refractivity contribution in [1.82, 2.24) is 15.5 Å². The molecule has 5 rings (SSSR count). The number of amides is 3. The van der Waals surface area contributed by atoms with E-state index in [-0.39, 0.29) is 24.8 Å². The number of nitrogens with one attached hydrogen (secondary N) is 2. The number of aliphatic imine (C=N–C) groups is 2. The van der Waals surface area contributed by atoms with Crippen molar-refractivity contribution in [2.45, 2.75) is 51.1 Å². The summed E-state index contributed by atoms with van der Waals surface area (Å²) in [6.45, 7) is 4.63. The maximum atomic E-state index is 13.2. The van der Waals surface area contributed by atoms with Crippen LogP contribution in [0.2, 0.25) is 0 Å². The molecule has 42 heavy (non-hydrogen) atoms. The molecule has 0 aromatic heterocycles. The van der Waals surface area contributed by atoms with Crippen LogP contribution >= 0.6 is 11.8 Å². The summed E-state index contributed by atoms with van der Waals surface area (Å²) in [5.74, 6) is 0.275. The number of benzene rings is 3. The van der Waals surface area contributed by atoms with E-state index in [2.05, 4.69) is 15.6 Å². The highest BCUT2D eigenvalue weighted by Gasteiger charge is 2.43. The van der Waals surface area contributed by atoms with E-state index in [1.807, 2.05) is 86.6 Å². The molecule has 3 aromatic rings. The first-order valence-electron chi connectivity index (χ1n) is 13.9. The van der Waals surface area contributed by atoms with Crippen LogP contribution in [-0.2, 0) is 27.5 Å². The van der Waals surface area contributed by atoms with Gasteiger partial charge in [-0.2, -0.15) is 4.99 Å². The molecule has 3 aromatic carbocycles. The Kier molecular flexibility index (Phi) is 9.02. The Morgan fingerprint density at radius 3 is 2.48 bits per heavy atom. The fourth-order valence-corrected chi connectivity index (χ4v) is 5.92. The van der Waals surface area contributed by atoms with Gasteiger partial charge in [-0.15, -0.1) is 0 Å². The molecule has 2 atom stereocenters. The molecular weight excluding hydrogens is 550 g/mol. The molecule has 0 bridgehead atoms. The number of rotatable bonds is 10. The molecule has 2 N–H and O–H groups in total. The van der Waals surface area contributed by atoms with E-state index in [0.717, 1.165) is 16.7 Å². The van der Waals surface area contributed by atoms with Gasteiger partial charge in [-0.05, 0) is 37.1 Å². The quantitative estimate of drug-likeness (QED) is 0.364. The minimum atomic E-state index is -0.870. The lowest BCUT2D eigenvalue weighted by atomic mass is 10.1. The number of para-hydroxylation sites is 2. The first-order chi connectivity index (χ1) is 20.4. The van der Waals surface area contributed by atoms with E-state index < -0.39 is 17.2 Å². The molecule has 10 heteroatoms. The minimum absolute atomic E-state index is 0.112. The number of thioether (sulfide) groups is 1. The molecule has 0 spiro atoms. The van der Waals surface area contributed by atoms with Crippen molar-refractivity contribution in [3.05, 3.63) is 95.1 Å². The Balaban J connectivity index is 1.33. The lowest BCUT2D eigenvalue weighted by Gasteiger charge is -2.32. The molecule has 2 unspecified atom stereocenters. The second-order valence-electron chi connectivity index (χ2n) is 10.1. The summed E-state index contributed by atoms with van der Waals surface area (Å²) in [5.41, 5.74) is 4.37. The van der Waals surface area contributed by atoms with Crippen LogP contribution in [0.25, 0.3) is 0 Å². The van der Waals surface area contributed by atoms with Gasteiger partial charge in [-0.1, -0.05) is 78.8 Å². The van der Waals surface area contributed by atoms with Gasteiger partial charge in [-0.25, -0.2) is 4.99 Å². The third-order valence-electron chi connectivity index (χ3n) is 7.15. The second kappa shape index (κ2) is 13.0. The molecular formula is C32H33N5O4S. The van der Waals surface area contributed by atoms with Crippen LogP contribution in [0.5, 0.6) is 5.75 Å². The largest absolute Gasteiger partial charge is 0.496 e. The topological polar surface area (TPSA) is 112 Å². The van der Waals surface area contributed by atoms with Crippen molar-refractivity contribution in [2.75, 3.05) is 7.11 Å². The molecule has 9 nitrogen and oxygen atoms in total. The third kappa shape index (κ3) is 6.38. The number of methoxy groups -OCH3 is 1. The van der Waals surface area contributed by atoms with Crippen molar-refractivity contribution in [3.8, 4) is 5.75 Å². The lowest BCUT2D eigenvalue weighted by Crippen LogP contribution is -2.47. The van der Waals surface area contributed by atoms with Crippen molar-refractivity contribution < 1.29 is 19.1 Å². The zero-order valence-electron chi connectivity index (χ0n) is 23.8. The minimum Gasteiger partial charge on any atom is -0.496 e. The van der Waals surface area contributed by atoms with Gasteiger partial charge < -0.3 is 15.4 Å². The number of carbonyl (C=O) groups excluding carboxylic acids is 3. The Morgan fingerprint density at radius 1 is 0.976 bits per heavy atom. The lowest BCUT2D eigenvalue weighted by molar-refractivity contribution is -0.126. The number of carbonyl (C=O) groups is 3. The van der Waals surface area contributed by atoms with Crippen molar-refractivity contribution >= 4 is 46.2 Å². The number of nitrogens with zero attached hydrogens (tertiary/aromatic N) is 3. The van der Waals surface area contributed by atoms with E-state index in [4.69, 9.17) is 9.73 Å². The predicted octanol–water partition coefficient (Wildman–Crippen LogP) is 4.50. The molecule has 216 valence electrons. The van der Waals surface area contributed by atoms with Gasteiger partial charge >= 0.3 is 0 Å². The fraction of sp³-hybridized carbons (Fsp3) is 0.281. The molecule has 2 heterocycles. The number of hydrogen-bond acceptors (Lipinski definition) is 7. The van der Waals surface area contributed by atoms with Crippen molar-refractivity contribution in [1.29, 1.82) is 0 Å². The number of ether oxygens (including phenoxy) is 1. The standard InChI is InChI=1S/C32H33N5O4S/c1-4-27(31(40)34-18-21-15-13-20(2)14-16-21)42-32-35-24-11-7-6-10-23(24)29-36-30(39)25(37(29)32)17-28(38)33-19-22-9-5-8-12-26(22)41-3/h5-16,25,27H,4,17-19H2,1-3H3,(H,33,38)(H,34,40).